The molecule has 6 nitrogen and oxygen atoms in total. The molecule has 116 valence electrons. The molecular weight excluding hydrogens is 276 g/mol. The Morgan fingerprint density at radius 1 is 1.40 bits per heavy atom. The Balaban J connectivity index is 2.84. The van der Waals surface area contributed by atoms with Gasteiger partial charge in [0.05, 0.1) is 0 Å². The smallest absolute Gasteiger partial charge is 0.259 e. The summed E-state index contributed by atoms with van der Waals surface area (Å²) >= 11 is 0. The van der Waals surface area contributed by atoms with Crippen molar-refractivity contribution in [2.45, 2.75) is 64.1 Å². The molecule has 1 atom stereocenters. The maximum atomic E-state index is 12.3. The maximum absolute atomic E-state index is 12.3. The van der Waals surface area contributed by atoms with Gasteiger partial charge in [-0.25, -0.2) is 18.1 Å². The molecule has 20 heavy (non-hydrogen) atoms. The highest BCUT2D eigenvalue weighted by atomic mass is 32.2. The third-order valence-electron chi connectivity index (χ3n) is 3.21. The monoisotopic (exact) mass is 302 g/mol. The van der Waals surface area contributed by atoms with E-state index >= 15 is 0 Å². The molecule has 3 N–H and O–H groups in total. The molecule has 0 saturated carbocycles. The topological polar surface area (TPSA) is 90.0 Å². The fraction of sp³-hybridized carbons (Fsp3) is 0.769. The van der Waals surface area contributed by atoms with E-state index in [0.29, 0.717) is 12.4 Å². The molecule has 0 bridgehead atoms. The quantitative estimate of drug-likeness (QED) is 0.721. The molecule has 1 rings (SSSR count). The number of sulfonamides is 1. The number of aryl methyl sites for hydroxylation is 2. The summed E-state index contributed by atoms with van der Waals surface area (Å²) in [5.41, 5.74) is 5.63. The lowest BCUT2D eigenvalue weighted by molar-refractivity contribution is 0.514. The number of nitrogens with two attached hydrogens (primary N) is 1. The predicted octanol–water partition coefficient (Wildman–Crippen LogP) is 1.40. The highest BCUT2D eigenvalue weighted by Gasteiger charge is 2.22. The highest BCUT2D eigenvalue weighted by molar-refractivity contribution is 7.89. The Labute approximate surface area is 121 Å². The number of nitrogens with zero attached hydrogens (tertiary/aromatic N) is 2. The van der Waals surface area contributed by atoms with Crippen LogP contribution in [0, 0.1) is 6.92 Å². The molecule has 1 unspecified atom stereocenters. The Bertz CT molecular complexity index is 510. The van der Waals surface area contributed by atoms with Crippen LogP contribution in [0.25, 0.3) is 0 Å². The zero-order chi connectivity index (χ0) is 15.2. The molecule has 0 radical (unpaired) electrons. The minimum Gasteiger partial charge on any atom is -0.334 e. The van der Waals surface area contributed by atoms with Crippen LogP contribution in [0.4, 0.5) is 0 Å². The van der Waals surface area contributed by atoms with Crippen LogP contribution in [0.3, 0.4) is 0 Å². The normalized spacial score (nSPS) is 13.6. The van der Waals surface area contributed by atoms with Crippen LogP contribution < -0.4 is 10.5 Å². The van der Waals surface area contributed by atoms with E-state index in [2.05, 4.69) is 16.6 Å². The van der Waals surface area contributed by atoms with Crippen molar-refractivity contribution in [2.24, 2.45) is 5.73 Å². The minimum atomic E-state index is -3.58. The van der Waals surface area contributed by atoms with Crippen molar-refractivity contribution in [1.29, 1.82) is 0 Å². The molecule has 0 spiro atoms. The number of aromatic nitrogens is 2. The van der Waals surface area contributed by atoms with Crippen LogP contribution in [0.5, 0.6) is 0 Å². The summed E-state index contributed by atoms with van der Waals surface area (Å²) in [6.45, 7) is 6.99. The van der Waals surface area contributed by atoms with Crippen molar-refractivity contribution >= 4 is 10.0 Å². The van der Waals surface area contributed by atoms with Crippen LogP contribution in [-0.2, 0) is 16.6 Å². The van der Waals surface area contributed by atoms with E-state index < -0.39 is 10.0 Å². The first-order valence-electron chi connectivity index (χ1n) is 7.20. The van der Waals surface area contributed by atoms with Gasteiger partial charge in [0.1, 0.15) is 5.82 Å². The standard InChI is InChI=1S/C13H26N4O2S/c1-4-6-7-12(9-14)16-20(18,19)13-10-17(8-5-2)11(3)15-13/h10,12,16H,4-9,14H2,1-3H3. The molecule has 0 aliphatic carbocycles. The Hall–Kier alpha value is -0.920. The molecular formula is C13H26N4O2S. The van der Waals surface area contributed by atoms with E-state index in [-0.39, 0.29) is 11.1 Å². The minimum absolute atomic E-state index is 0.0819. The van der Waals surface area contributed by atoms with Gasteiger partial charge >= 0.3 is 0 Å². The van der Waals surface area contributed by atoms with Gasteiger partial charge in [-0.2, -0.15) is 0 Å². The summed E-state index contributed by atoms with van der Waals surface area (Å²) in [4.78, 5) is 4.14. The highest BCUT2D eigenvalue weighted by Crippen LogP contribution is 2.11. The lowest BCUT2D eigenvalue weighted by Gasteiger charge is -2.15. The van der Waals surface area contributed by atoms with Gasteiger partial charge in [-0.3, -0.25) is 0 Å². The third-order valence-corrected chi connectivity index (χ3v) is 4.60. The van der Waals surface area contributed by atoms with Gasteiger partial charge in [-0.15, -0.1) is 0 Å². The van der Waals surface area contributed by atoms with Crippen molar-refractivity contribution in [3.05, 3.63) is 12.0 Å². The summed E-state index contributed by atoms with van der Waals surface area (Å²) in [5.74, 6) is 0.713. The molecule has 0 amide bonds. The first-order valence-corrected chi connectivity index (χ1v) is 8.69. The van der Waals surface area contributed by atoms with Crippen molar-refractivity contribution in [2.75, 3.05) is 6.54 Å². The Morgan fingerprint density at radius 3 is 2.65 bits per heavy atom. The predicted molar refractivity (Wildman–Crippen MR) is 79.9 cm³/mol. The Morgan fingerprint density at radius 2 is 2.10 bits per heavy atom. The maximum Gasteiger partial charge on any atom is 0.259 e. The van der Waals surface area contributed by atoms with Crippen LogP contribution in [0.2, 0.25) is 0 Å². The van der Waals surface area contributed by atoms with Crippen LogP contribution in [0.15, 0.2) is 11.2 Å². The van der Waals surface area contributed by atoms with Gasteiger partial charge in [0.15, 0.2) is 5.03 Å². The second-order valence-electron chi connectivity index (χ2n) is 5.02. The van der Waals surface area contributed by atoms with E-state index in [0.717, 1.165) is 32.2 Å². The Kier molecular flexibility index (Phi) is 6.64. The summed E-state index contributed by atoms with van der Waals surface area (Å²) in [6, 6.07) is -0.225. The average Bonchev–Trinajstić information content (AvgIpc) is 2.77. The largest absolute Gasteiger partial charge is 0.334 e. The number of hydrogen-bond donors (Lipinski definition) is 2. The average molecular weight is 302 g/mol. The lowest BCUT2D eigenvalue weighted by Crippen LogP contribution is -2.40. The van der Waals surface area contributed by atoms with Gasteiger partial charge in [-0.1, -0.05) is 26.7 Å². The van der Waals surface area contributed by atoms with E-state index in [4.69, 9.17) is 5.73 Å². The molecule has 7 heteroatoms. The summed E-state index contributed by atoms with van der Waals surface area (Å²) in [5, 5.41) is 0.0819. The number of rotatable bonds is 9. The van der Waals surface area contributed by atoms with Crippen LogP contribution in [-0.4, -0.2) is 30.6 Å². The zero-order valence-corrected chi connectivity index (χ0v) is 13.4. The van der Waals surface area contributed by atoms with E-state index in [1.165, 1.54) is 0 Å². The van der Waals surface area contributed by atoms with E-state index in [9.17, 15) is 8.42 Å². The third kappa shape index (κ3) is 4.57. The van der Waals surface area contributed by atoms with Gasteiger partial charge in [0, 0.05) is 25.3 Å². The van der Waals surface area contributed by atoms with E-state index in [1.807, 2.05) is 18.4 Å². The molecule has 0 aromatic carbocycles. The second-order valence-corrected chi connectivity index (χ2v) is 6.68. The van der Waals surface area contributed by atoms with Crippen molar-refractivity contribution < 1.29 is 8.42 Å². The summed E-state index contributed by atoms with van der Waals surface area (Å²) in [6.07, 6.45) is 5.25. The molecule has 0 aliphatic rings. The number of imidazole rings is 1. The van der Waals surface area contributed by atoms with Crippen LogP contribution >= 0.6 is 0 Å². The molecule has 1 heterocycles. The molecule has 0 aliphatic heterocycles. The van der Waals surface area contributed by atoms with E-state index in [1.54, 1.807) is 6.20 Å². The van der Waals surface area contributed by atoms with Crippen molar-refractivity contribution in [3.63, 3.8) is 0 Å². The SMILES string of the molecule is CCCCC(CN)NS(=O)(=O)c1cn(CCC)c(C)n1. The first kappa shape index (κ1) is 17.1. The summed E-state index contributed by atoms with van der Waals surface area (Å²) < 4.78 is 29.1. The number of nitrogens with one attached hydrogen (secondary N) is 1. The zero-order valence-electron chi connectivity index (χ0n) is 12.6. The molecule has 1 aromatic rings. The lowest BCUT2D eigenvalue weighted by atomic mass is 10.1. The van der Waals surface area contributed by atoms with Gasteiger partial charge in [0.2, 0.25) is 0 Å². The molecule has 0 fully saturated rings. The number of hydrogen-bond acceptors (Lipinski definition) is 4. The fourth-order valence-corrected chi connectivity index (χ4v) is 3.32. The first-order chi connectivity index (χ1) is 9.44. The second kappa shape index (κ2) is 7.75. The van der Waals surface area contributed by atoms with Gasteiger partial charge in [-0.05, 0) is 19.8 Å². The van der Waals surface area contributed by atoms with Crippen molar-refractivity contribution in [1.82, 2.24) is 14.3 Å². The van der Waals surface area contributed by atoms with Gasteiger partial charge in [0.25, 0.3) is 10.0 Å². The van der Waals surface area contributed by atoms with Crippen LogP contribution in [0.1, 0.15) is 45.4 Å². The summed E-state index contributed by atoms with van der Waals surface area (Å²) in [7, 11) is -3.58. The fourth-order valence-electron chi connectivity index (χ4n) is 2.03. The number of unbranched alkanes of at least 4 members (excludes halogenated alkanes) is 1. The van der Waals surface area contributed by atoms with Gasteiger partial charge < -0.3 is 10.3 Å². The van der Waals surface area contributed by atoms with Crippen molar-refractivity contribution in [3.8, 4) is 0 Å². The molecule has 1 aromatic heterocycles. The molecule has 0 saturated heterocycles.